The first kappa shape index (κ1) is 20.4. The summed E-state index contributed by atoms with van der Waals surface area (Å²) in [5, 5.41) is 2.81. The van der Waals surface area contributed by atoms with Crippen LogP contribution >= 0.6 is 34.7 Å². The van der Waals surface area contributed by atoms with Crippen LogP contribution in [0.1, 0.15) is 20.3 Å². The second-order valence-corrected chi connectivity index (χ2v) is 9.92. The second-order valence-electron chi connectivity index (χ2n) is 7.65. The first-order valence-electron chi connectivity index (χ1n) is 9.59. The zero-order valence-corrected chi connectivity index (χ0v) is 18.7. The number of likely N-dealkylation sites (tertiary alicyclic amines) is 1. The number of piperidine rings is 1. The van der Waals surface area contributed by atoms with Crippen molar-refractivity contribution in [1.29, 1.82) is 0 Å². The largest absolute Gasteiger partial charge is 0.341 e. The minimum Gasteiger partial charge on any atom is -0.341 e. The molecule has 8 heteroatoms. The van der Waals surface area contributed by atoms with Gasteiger partial charge in [-0.15, -0.1) is 11.3 Å². The van der Waals surface area contributed by atoms with Crippen LogP contribution in [-0.4, -0.2) is 39.2 Å². The maximum Gasteiger partial charge on any atom is 0.276 e. The molecule has 2 aromatic heterocycles. The smallest absolute Gasteiger partial charge is 0.276 e. The molecule has 3 aromatic rings. The summed E-state index contributed by atoms with van der Waals surface area (Å²) < 4.78 is 2.11. The van der Waals surface area contributed by atoms with Crippen LogP contribution in [0.4, 0.5) is 0 Å². The van der Waals surface area contributed by atoms with Crippen molar-refractivity contribution in [2.45, 2.75) is 25.4 Å². The molecule has 1 saturated heterocycles. The zero-order chi connectivity index (χ0) is 20.5. The Morgan fingerprint density at radius 2 is 1.97 bits per heavy atom. The van der Waals surface area contributed by atoms with Crippen LogP contribution < -0.4 is 5.56 Å². The van der Waals surface area contributed by atoms with E-state index in [1.165, 1.54) is 27.7 Å². The summed E-state index contributed by atoms with van der Waals surface area (Å²) in [7, 11) is 0. The molecule has 3 heterocycles. The number of hydrogen-bond donors (Lipinski definition) is 0. The fourth-order valence-corrected chi connectivity index (χ4v) is 5.81. The quantitative estimate of drug-likeness (QED) is 0.429. The molecule has 0 saturated carbocycles. The highest BCUT2D eigenvalue weighted by Gasteiger charge is 2.26. The number of carbonyl (C=O) groups excluding carboxylic acids is 1. The number of para-hydroxylation sites is 1. The highest BCUT2D eigenvalue weighted by Crippen LogP contribution is 2.28. The first-order valence-corrected chi connectivity index (χ1v) is 11.8. The van der Waals surface area contributed by atoms with Gasteiger partial charge in [-0.25, -0.2) is 4.98 Å². The lowest BCUT2D eigenvalue weighted by atomic mass is 9.92. The van der Waals surface area contributed by atoms with Crippen molar-refractivity contribution in [2.75, 3.05) is 18.8 Å². The van der Waals surface area contributed by atoms with Gasteiger partial charge in [-0.05, 0) is 41.8 Å². The van der Waals surface area contributed by atoms with Crippen LogP contribution in [0.2, 0.25) is 5.02 Å². The summed E-state index contributed by atoms with van der Waals surface area (Å²) in [6.07, 6.45) is 1.15. The number of fused-ring (bicyclic) bond motifs is 1. The number of aromatic nitrogens is 2. The van der Waals surface area contributed by atoms with Gasteiger partial charge in [0.05, 0.1) is 22.0 Å². The Bertz CT molecular complexity index is 1100. The van der Waals surface area contributed by atoms with Crippen LogP contribution in [0.25, 0.3) is 15.9 Å². The molecule has 0 unspecified atom stereocenters. The number of amides is 1. The molecule has 152 valence electrons. The van der Waals surface area contributed by atoms with Crippen LogP contribution in [0.5, 0.6) is 0 Å². The lowest BCUT2D eigenvalue weighted by molar-refractivity contribution is -0.130. The van der Waals surface area contributed by atoms with Crippen molar-refractivity contribution in [2.24, 2.45) is 11.8 Å². The van der Waals surface area contributed by atoms with Crippen molar-refractivity contribution in [3.05, 3.63) is 51.1 Å². The average Bonchev–Trinajstić information content (AvgIpc) is 3.15. The topological polar surface area (TPSA) is 55.2 Å². The van der Waals surface area contributed by atoms with E-state index >= 15 is 0 Å². The number of halogens is 1. The number of thioether (sulfide) groups is 1. The van der Waals surface area contributed by atoms with E-state index in [1.807, 2.05) is 28.5 Å². The molecule has 29 heavy (non-hydrogen) atoms. The number of thiophene rings is 1. The third-order valence-corrected chi connectivity index (χ3v) is 7.22. The number of benzene rings is 1. The molecule has 4 rings (SSSR count). The Kier molecular flexibility index (Phi) is 5.99. The Morgan fingerprint density at radius 3 is 2.69 bits per heavy atom. The number of hydrogen-bond acceptors (Lipinski definition) is 5. The molecular formula is C21H22ClN3O2S2. The zero-order valence-electron chi connectivity index (χ0n) is 16.3. The van der Waals surface area contributed by atoms with E-state index in [9.17, 15) is 9.59 Å². The third-order valence-electron chi connectivity index (χ3n) is 5.09. The van der Waals surface area contributed by atoms with Crippen molar-refractivity contribution < 1.29 is 4.79 Å². The van der Waals surface area contributed by atoms with Gasteiger partial charge in [-0.2, -0.15) is 0 Å². The molecule has 0 spiro atoms. The predicted octanol–water partition coefficient (Wildman–Crippen LogP) is 4.70. The lowest BCUT2D eigenvalue weighted by Crippen LogP contribution is -2.43. The molecule has 5 nitrogen and oxygen atoms in total. The van der Waals surface area contributed by atoms with Crippen molar-refractivity contribution in [3.63, 3.8) is 0 Å². The van der Waals surface area contributed by atoms with E-state index < -0.39 is 0 Å². The van der Waals surface area contributed by atoms with Crippen LogP contribution in [0.15, 0.2) is 45.7 Å². The Labute approximate surface area is 182 Å². The van der Waals surface area contributed by atoms with Crippen molar-refractivity contribution in [3.8, 4) is 5.69 Å². The van der Waals surface area contributed by atoms with Gasteiger partial charge in [-0.3, -0.25) is 14.2 Å². The lowest BCUT2D eigenvalue weighted by Gasteiger charge is -2.35. The second kappa shape index (κ2) is 8.50. The molecule has 2 atom stereocenters. The van der Waals surface area contributed by atoms with Gasteiger partial charge in [0.15, 0.2) is 5.16 Å². The van der Waals surface area contributed by atoms with E-state index in [-0.39, 0.29) is 17.2 Å². The minimum atomic E-state index is -0.159. The Hall–Kier alpha value is -1.83. The van der Waals surface area contributed by atoms with Crippen LogP contribution in [0.3, 0.4) is 0 Å². The highest BCUT2D eigenvalue weighted by molar-refractivity contribution is 7.99. The van der Waals surface area contributed by atoms with E-state index in [0.29, 0.717) is 37.9 Å². The predicted molar refractivity (Wildman–Crippen MR) is 120 cm³/mol. The molecular weight excluding hydrogens is 426 g/mol. The Balaban J connectivity index is 1.66. The van der Waals surface area contributed by atoms with Crippen molar-refractivity contribution >= 4 is 50.8 Å². The Morgan fingerprint density at radius 1 is 1.24 bits per heavy atom. The highest BCUT2D eigenvalue weighted by atomic mass is 35.5. The summed E-state index contributed by atoms with van der Waals surface area (Å²) in [5.41, 5.74) is 1.07. The summed E-state index contributed by atoms with van der Waals surface area (Å²) in [5.74, 6) is 1.34. The molecule has 0 aliphatic carbocycles. The normalized spacial score (nSPS) is 19.6. The molecule has 1 aliphatic rings. The number of carbonyl (C=O) groups is 1. The maximum absolute atomic E-state index is 13.2. The van der Waals surface area contributed by atoms with Crippen molar-refractivity contribution in [1.82, 2.24) is 14.5 Å². The standard InChI is InChI=1S/C21H22ClN3O2S2/c1-13-9-14(2)11-24(10-13)18(26)12-29-21-23-16-7-8-28-19(16)20(27)25(21)17-6-4-3-5-15(17)22/h3-8,13-14H,9-12H2,1-2H3/t13-,14-/m1/s1. The molecule has 1 fully saturated rings. The molecule has 1 aromatic carbocycles. The van der Waals surface area contributed by atoms with Gasteiger partial charge in [0, 0.05) is 13.1 Å². The maximum atomic E-state index is 13.2. The van der Waals surface area contributed by atoms with Gasteiger partial charge in [-0.1, -0.05) is 49.3 Å². The van der Waals surface area contributed by atoms with Gasteiger partial charge in [0.1, 0.15) is 4.70 Å². The SMILES string of the molecule is C[C@@H]1C[C@@H](C)CN(C(=O)CSc2nc3ccsc3c(=O)n2-c2ccccc2Cl)C1. The van der Waals surface area contributed by atoms with E-state index in [1.54, 1.807) is 12.1 Å². The molecule has 0 N–H and O–H groups in total. The number of rotatable bonds is 4. The fourth-order valence-electron chi connectivity index (χ4n) is 3.92. The average molecular weight is 448 g/mol. The van der Waals surface area contributed by atoms with Gasteiger partial charge in [0.25, 0.3) is 5.56 Å². The molecule has 0 bridgehead atoms. The van der Waals surface area contributed by atoms with Gasteiger partial charge in [0.2, 0.25) is 5.91 Å². The number of nitrogens with zero attached hydrogens (tertiary/aromatic N) is 3. The summed E-state index contributed by atoms with van der Waals surface area (Å²) in [6.45, 7) is 5.95. The fraction of sp³-hybridized carbons (Fsp3) is 0.381. The molecule has 1 aliphatic heterocycles. The summed E-state index contributed by atoms with van der Waals surface area (Å²) in [6, 6.07) is 9.03. The minimum absolute atomic E-state index is 0.0822. The van der Waals surface area contributed by atoms with E-state index in [4.69, 9.17) is 11.6 Å². The monoisotopic (exact) mass is 447 g/mol. The van der Waals surface area contributed by atoms with E-state index in [2.05, 4.69) is 18.8 Å². The third kappa shape index (κ3) is 4.22. The van der Waals surface area contributed by atoms with Crippen LogP contribution in [0, 0.1) is 11.8 Å². The molecule has 1 amide bonds. The van der Waals surface area contributed by atoms with Crippen LogP contribution in [-0.2, 0) is 4.79 Å². The van der Waals surface area contributed by atoms with Gasteiger partial charge >= 0.3 is 0 Å². The van der Waals surface area contributed by atoms with Gasteiger partial charge < -0.3 is 4.90 Å². The molecule has 0 radical (unpaired) electrons. The van der Waals surface area contributed by atoms with E-state index in [0.717, 1.165) is 19.5 Å². The summed E-state index contributed by atoms with van der Waals surface area (Å²) >= 11 is 9.03. The summed E-state index contributed by atoms with van der Waals surface area (Å²) in [4.78, 5) is 32.6. The first-order chi connectivity index (χ1) is 13.9.